The molecule has 5 heteroatoms. The summed E-state index contributed by atoms with van der Waals surface area (Å²) in [4.78, 5) is 16.0. The highest BCUT2D eigenvalue weighted by atomic mass is 32.1. The van der Waals surface area contributed by atoms with E-state index in [2.05, 4.69) is 11.4 Å². The Kier molecular flexibility index (Phi) is 3.84. The normalized spacial score (nSPS) is 18.0. The monoisotopic (exact) mass is 302 g/mol. The Hall–Kier alpha value is -2.01. The molecule has 1 unspecified atom stereocenters. The number of anilines is 1. The van der Waals surface area contributed by atoms with E-state index in [-0.39, 0.29) is 11.9 Å². The minimum atomic E-state index is -0.0118. The first-order valence-electron chi connectivity index (χ1n) is 6.99. The van der Waals surface area contributed by atoms with Crippen LogP contribution in [0.1, 0.15) is 34.1 Å². The molecule has 0 spiro atoms. The standard InChI is InChI=1S/C16H18N2O2S/c1-20-13-7-2-5-11(15(13)17)16(19)18-9-3-6-12(18)14-8-4-10-21-14/h2,4-5,7-8,10,12H,3,6,9,17H2,1H3. The molecule has 1 aromatic heterocycles. The molecule has 0 aliphatic carbocycles. The predicted molar refractivity (Wildman–Crippen MR) is 84.7 cm³/mol. The first-order valence-corrected chi connectivity index (χ1v) is 7.87. The van der Waals surface area contributed by atoms with Crippen LogP contribution in [-0.2, 0) is 0 Å². The number of hydrogen-bond donors (Lipinski definition) is 1. The van der Waals surface area contributed by atoms with Gasteiger partial charge in [0.25, 0.3) is 5.91 Å². The van der Waals surface area contributed by atoms with Crippen LogP contribution in [0, 0.1) is 0 Å². The molecule has 4 nitrogen and oxygen atoms in total. The molecule has 2 N–H and O–H groups in total. The van der Waals surface area contributed by atoms with Crippen molar-refractivity contribution in [3.8, 4) is 5.75 Å². The molecule has 0 saturated carbocycles. The van der Waals surface area contributed by atoms with Gasteiger partial charge in [0.15, 0.2) is 0 Å². The van der Waals surface area contributed by atoms with Gasteiger partial charge in [-0.1, -0.05) is 12.1 Å². The largest absolute Gasteiger partial charge is 0.495 e. The molecule has 1 aromatic carbocycles. The maximum atomic E-state index is 12.8. The van der Waals surface area contributed by atoms with Gasteiger partial charge < -0.3 is 15.4 Å². The lowest BCUT2D eigenvalue weighted by Crippen LogP contribution is -2.30. The summed E-state index contributed by atoms with van der Waals surface area (Å²) in [7, 11) is 1.56. The number of benzene rings is 1. The highest BCUT2D eigenvalue weighted by molar-refractivity contribution is 7.10. The SMILES string of the molecule is COc1cccc(C(=O)N2CCCC2c2cccs2)c1N. The number of methoxy groups -OCH3 is 1. The number of thiophene rings is 1. The van der Waals surface area contributed by atoms with Crippen molar-refractivity contribution < 1.29 is 9.53 Å². The van der Waals surface area contributed by atoms with Crippen molar-refractivity contribution in [1.29, 1.82) is 0 Å². The summed E-state index contributed by atoms with van der Waals surface area (Å²) in [6.07, 6.45) is 2.04. The van der Waals surface area contributed by atoms with E-state index in [4.69, 9.17) is 10.5 Å². The lowest BCUT2D eigenvalue weighted by atomic mass is 10.1. The van der Waals surface area contributed by atoms with Crippen LogP contribution in [0.2, 0.25) is 0 Å². The predicted octanol–water partition coefficient (Wildman–Crippen LogP) is 3.32. The van der Waals surface area contributed by atoms with Crippen molar-refractivity contribution in [1.82, 2.24) is 4.90 Å². The fraction of sp³-hybridized carbons (Fsp3) is 0.312. The Morgan fingerprint density at radius 3 is 2.95 bits per heavy atom. The fourth-order valence-corrected chi connectivity index (χ4v) is 3.72. The van der Waals surface area contributed by atoms with Gasteiger partial charge in [0.05, 0.1) is 24.4 Å². The third kappa shape index (κ3) is 2.49. The number of carbonyl (C=O) groups excluding carboxylic acids is 1. The van der Waals surface area contributed by atoms with Crippen molar-refractivity contribution >= 4 is 22.9 Å². The van der Waals surface area contributed by atoms with E-state index in [1.165, 1.54) is 4.88 Å². The smallest absolute Gasteiger partial charge is 0.256 e. The molecule has 1 fully saturated rings. The highest BCUT2D eigenvalue weighted by Crippen LogP contribution is 2.37. The molecule has 1 amide bonds. The van der Waals surface area contributed by atoms with E-state index in [9.17, 15) is 4.79 Å². The highest BCUT2D eigenvalue weighted by Gasteiger charge is 2.32. The van der Waals surface area contributed by atoms with Crippen LogP contribution < -0.4 is 10.5 Å². The minimum absolute atomic E-state index is 0.0118. The van der Waals surface area contributed by atoms with E-state index in [1.54, 1.807) is 36.6 Å². The Labute approximate surface area is 128 Å². The van der Waals surface area contributed by atoms with E-state index in [0.29, 0.717) is 17.0 Å². The lowest BCUT2D eigenvalue weighted by Gasteiger charge is -2.24. The van der Waals surface area contributed by atoms with Crippen LogP contribution in [0.3, 0.4) is 0 Å². The molecule has 1 aliphatic heterocycles. The molecular weight excluding hydrogens is 284 g/mol. The third-order valence-corrected chi connectivity index (χ3v) is 4.88. The van der Waals surface area contributed by atoms with Gasteiger partial charge in [0, 0.05) is 11.4 Å². The number of ether oxygens (including phenoxy) is 1. The number of amides is 1. The second kappa shape index (κ2) is 5.77. The summed E-state index contributed by atoms with van der Waals surface area (Å²) in [6.45, 7) is 0.776. The van der Waals surface area contributed by atoms with Crippen LogP contribution in [0.15, 0.2) is 35.7 Å². The van der Waals surface area contributed by atoms with Crippen molar-refractivity contribution in [2.24, 2.45) is 0 Å². The molecule has 3 rings (SSSR count). The zero-order valence-corrected chi connectivity index (χ0v) is 12.7. The van der Waals surface area contributed by atoms with E-state index >= 15 is 0 Å². The number of hydrogen-bond acceptors (Lipinski definition) is 4. The summed E-state index contributed by atoms with van der Waals surface area (Å²) >= 11 is 1.70. The average Bonchev–Trinajstić information content (AvgIpc) is 3.17. The zero-order valence-electron chi connectivity index (χ0n) is 11.9. The third-order valence-electron chi connectivity index (χ3n) is 3.90. The van der Waals surface area contributed by atoms with Gasteiger partial charge in [-0.3, -0.25) is 4.79 Å². The molecule has 110 valence electrons. The summed E-state index contributed by atoms with van der Waals surface area (Å²) in [5.41, 5.74) is 7.00. The second-order valence-corrected chi connectivity index (χ2v) is 6.07. The van der Waals surface area contributed by atoms with Crippen LogP contribution in [0.4, 0.5) is 5.69 Å². The van der Waals surface area contributed by atoms with Crippen LogP contribution in [0.25, 0.3) is 0 Å². The van der Waals surface area contributed by atoms with Crippen molar-refractivity contribution in [3.63, 3.8) is 0 Å². The second-order valence-electron chi connectivity index (χ2n) is 5.09. The van der Waals surface area contributed by atoms with Crippen molar-refractivity contribution in [2.45, 2.75) is 18.9 Å². The summed E-state index contributed by atoms with van der Waals surface area (Å²) in [5.74, 6) is 0.537. The number of carbonyl (C=O) groups is 1. The van der Waals surface area contributed by atoms with Gasteiger partial charge in [-0.05, 0) is 36.4 Å². The van der Waals surface area contributed by atoms with Gasteiger partial charge in [-0.25, -0.2) is 0 Å². The first kappa shape index (κ1) is 13.9. The molecule has 2 aromatic rings. The van der Waals surface area contributed by atoms with Crippen LogP contribution in [0.5, 0.6) is 5.75 Å². The number of para-hydroxylation sites is 1. The summed E-state index contributed by atoms with van der Waals surface area (Å²) in [6, 6.07) is 9.63. The Morgan fingerprint density at radius 2 is 2.24 bits per heavy atom. The minimum Gasteiger partial charge on any atom is -0.495 e. The molecule has 1 saturated heterocycles. The Bertz CT molecular complexity index is 640. The van der Waals surface area contributed by atoms with Crippen molar-refractivity contribution in [3.05, 3.63) is 46.2 Å². The maximum Gasteiger partial charge on any atom is 0.256 e. The molecular formula is C16H18N2O2S. The summed E-state index contributed by atoms with van der Waals surface area (Å²) < 4.78 is 5.20. The fourth-order valence-electron chi connectivity index (χ4n) is 2.85. The molecule has 1 atom stereocenters. The Morgan fingerprint density at radius 1 is 1.38 bits per heavy atom. The molecule has 1 aliphatic rings. The Balaban J connectivity index is 1.91. The summed E-state index contributed by atoms with van der Waals surface area (Å²) in [5, 5.41) is 2.05. The van der Waals surface area contributed by atoms with Crippen LogP contribution in [-0.4, -0.2) is 24.5 Å². The van der Waals surface area contributed by atoms with E-state index in [0.717, 1.165) is 19.4 Å². The topological polar surface area (TPSA) is 55.6 Å². The van der Waals surface area contributed by atoms with Gasteiger partial charge >= 0.3 is 0 Å². The molecule has 0 radical (unpaired) electrons. The van der Waals surface area contributed by atoms with Gasteiger partial charge in [-0.15, -0.1) is 11.3 Å². The van der Waals surface area contributed by atoms with Gasteiger partial charge in [0.2, 0.25) is 0 Å². The zero-order chi connectivity index (χ0) is 14.8. The maximum absolute atomic E-state index is 12.8. The average molecular weight is 302 g/mol. The number of nitrogens with two attached hydrogens (primary N) is 1. The molecule has 21 heavy (non-hydrogen) atoms. The number of likely N-dealkylation sites (tertiary alicyclic amines) is 1. The number of nitrogens with zero attached hydrogens (tertiary/aromatic N) is 1. The number of nitrogen functional groups attached to an aromatic ring is 1. The first-order chi connectivity index (χ1) is 10.2. The lowest BCUT2D eigenvalue weighted by molar-refractivity contribution is 0.0738. The molecule has 0 bridgehead atoms. The van der Waals surface area contributed by atoms with Crippen LogP contribution >= 0.6 is 11.3 Å². The molecule has 2 heterocycles. The van der Waals surface area contributed by atoms with Crippen molar-refractivity contribution in [2.75, 3.05) is 19.4 Å². The van der Waals surface area contributed by atoms with E-state index < -0.39 is 0 Å². The number of rotatable bonds is 3. The van der Waals surface area contributed by atoms with E-state index in [1.807, 2.05) is 11.0 Å². The quantitative estimate of drug-likeness (QED) is 0.885. The van der Waals surface area contributed by atoms with Gasteiger partial charge in [0.1, 0.15) is 5.75 Å². The van der Waals surface area contributed by atoms with Gasteiger partial charge in [-0.2, -0.15) is 0 Å².